The molecule has 1 fully saturated rings. The molecule has 2 unspecified atom stereocenters. The van der Waals surface area contributed by atoms with E-state index in [9.17, 15) is 9.59 Å². The number of nitrogens with two attached hydrogens (primary N) is 2. The average Bonchev–Trinajstić information content (AvgIpc) is 2.86. The van der Waals surface area contributed by atoms with E-state index in [0.717, 1.165) is 12.8 Å². The van der Waals surface area contributed by atoms with Gasteiger partial charge in [0.25, 0.3) is 5.91 Å². The maximum Gasteiger partial charge on any atom is 0.251 e. The Morgan fingerprint density at radius 2 is 2.18 bits per heavy atom. The Morgan fingerprint density at radius 1 is 1.41 bits per heavy atom. The standard InChI is InChI=1S/C11H15N3O2S/c12-7-2-1-6(5-7)10(16)14-11-8(9(13)15)3-4-17-11/h3-4,6-7H,1-2,5,12H2,(H2,13,15)(H,14,16). The molecule has 1 aliphatic carbocycles. The van der Waals surface area contributed by atoms with Crippen molar-refractivity contribution in [3.8, 4) is 0 Å². The van der Waals surface area contributed by atoms with Gasteiger partial charge in [0, 0.05) is 12.0 Å². The van der Waals surface area contributed by atoms with Gasteiger partial charge in [-0.3, -0.25) is 9.59 Å². The molecule has 1 heterocycles. The molecule has 5 N–H and O–H groups in total. The highest BCUT2D eigenvalue weighted by atomic mass is 32.1. The Kier molecular flexibility index (Phi) is 3.44. The Morgan fingerprint density at radius 3 is 2.76 bits per heavy atom. The smallest absolute Gasteiger partial charge is 0.251 e. The van der Waals surface area contributed by atoms with Crippen molar-refractivity contribution in [2.24, 2.45) is 17.4 Å². The van der Waals surface area contributed by atoms with E-state index >= 15 is 0 Å². The highest BCUT2D eigenvalue weighted by Gasteiger charge is 2.28. The third kappa shape index (κ3) is 2.65. The summed E-state index contributed by atoms with van der Waals surface area (Å²) in [6, 6.07) is 1.73. The van der Waals surface area contributed by atoms with Crippen LogP contribution >= 0.6 is 11.3 Å². The van der Waals surface area contributed by atoms with Crippen LogP contribution in [0.4, 0.5) is 5.00 Å². The minimum absolute atomic E-state index is 0.0483. The topological polar surface area (TPSA) is 98.2 Å². The number of anilines is 1. The zero-order valence-corrected chi connectivity index (χ0v) is 10.1. The van der Waals surface area contributed by atoms with Crippen LogP contribution in [-0.2, 0) is 4.79 Å². The van der Waals surface area contributed by atoms with Crippen molar-refractivity contribution in [3.63, 3.8) is 0 Å². The monoisotopic (exact) mass is 253 g/mol. The molecule has 17 heavy (non-hydrogen) atoms. The Bertz CT molecular complexity index is 444. The first-order valence-electron chi connectivity index (χ1n) is 5.51. The first-order chi connectivity index (χ1) is 8.08. The van der Waals surface area contributed by atoms with Crippen molar-refractivity contribution < 1.29 is 9.59 Å². The molecule has 1 aromatic rings. The first-order valence-corrected chi connectivity index (χ1v) is 6.39. The number of carbonyl (C=O) groups excluding carboxylic acids is 2. The summed E-state index contributed by atoms with van der Waals surface area (Å²) in [6.45, 7) is 0. The molecule has 6 heteroatoms. The predicted octanol–water partition coefficient (Wildman–Crippen LogP) is 0.913. The summed E-state index contributed by atoms with van der Waals surface area (Å²) in [5, 5.41) is 5.02. The van der Waals surface area contributed by atoms with Gasteiger partial charge in [0.2, 0.25) is 5.91 Å². The molecule has 0 spiro atoms. The van der Waals surface area contributed by atoms with Crippen molar-refractivity contribution in [1.29, 1.82) is 0 Å². The number of hydrogen-bond donors (Lipinski definition) is 3. The number of nitrogens with one attached hydrogen (secondary N) is 1. The van der Waals surface area contributed by atoms with Crippen molar-refractivity contribution in [1.82, 2.24) is 0 Å². The Balaban J connectivity index is 2.03. The average molecular weight is 253 g/mol. The van der Waals surface area contributed by atoms with E-state index in [1.165, 1.54) is 11.3 Å². The minimum atomic E-state index is -0.523. The van der Waals surface area contributed by atoms with E-state index in [-0.39, 0.29) is 17.9 Å². The number of primary amides is 1. The van der Waals surface area contributed by atoms with Crippen LogP contribution in [-0.4, -0.2) is 17.9 Å². The fourth-order valence-corrected chi connectivity index (χ4v) is 2.86. The lowest BCUT2D eigenvalue weighted by atomic mass is 10.1. The van der Waals surface area contributed by atoms with Crippen LogP contribution in [0.25, 0.3) is 0 Å². The molecule has 92 valence electrons. The predicted molar refractivity (Wildman–Crippen MR) is 66.8 cm³/mol. The number of thiophene rings is 1. The molecule has 0 radical (unpaired) electrons. The van der Waals surface area contributed by atoms with Crippen molar-refractivity contribution >= 4 is 28.2 Å². The molecular weight excluding hydrogens is 238 g/mol. The van der Waals surface area contributed by atoms with Gasteiger partial charge in [-0.2, -0.15) is 0 Å². The quantitative estimate of drug-likeness (QED) is 0.746. The Labute approximate surface area is 103 Å². The summed E-state index contributed by atoms with van der Waals surface area (Å²) in [7, 11) is 0. The molecular formula is C11H15N3O2S. The first kappa shape index (κ1) is 12.1. The van der Waals surface area contributed by atoms with Crippen molar-refractivity contribution in [2.75, 3.05) is 5.32 Å². The van der Waals surface area contributed by atoms with Crippen LogP contribution in [0.15, 0.2) is 11.4 Å². The lowest BCUT2D eigenvalue weighted by Crippen LogP contribution is -2.24. The summed E-state index contributed by atoms with van der Waals surface area (Å²) in [5.41, 5.74) is 11.3. The van der Waals surface area contributed by atoms with Crippen LogP contribution in [0.5, 0.6) is 0 Å². The van der Waals surface area contributed by atoms with E-state index < -0.39 is 5.91 Å². The molecule has 1 saturated carbocycles. The van der Waals surface area contributed by atoms with Crippen LogP contribution in [0.1, 0.15) is 29.6 Å². The Hall–Kier alpha value is -1.40. The summed E-state index contributed by atoms with van der Waals surface area (Å²) in [6.07, 6.45) is 2.40. The van der Waals surface area contributed by atoms with Gasteiger partial charge in [-0.05, 0) is 30.7 Å². The third-order valence-corrected chi connectivity index (χ3v) is 3.84. The zero-order valence-electron chi connectivity index (χ0n) is 9.31. The number of carbonyl (C=O) groups is 2. The SMILES string of the molecule is NC(=O)c1ccsc1NC(=O)C1CCC(N)C1. The molecule has 0 saturated heterocycles. The summed E-state index contributed by atoms with van der Waals surface area (Å²) in [4.78, 5) is 23.0. The molecule has 2 atom stereocenters. The van der Waals surface area contributed by atoms with Crippen LogP contribution < -0.4 is 16.8 Å². The van der Waals surface area contributed by atoms with Gasteiger partial charge in [-0.15, -0.1) is 11.3 Å². The van der Waals surface area contributed by atoms with Gasteiger partial charge in [0.1, 0.15) is 5.00 Å². The molecule has 5 nitrogen and oxygen atoms in total. The molecule has 2 rings (SSSR count). The fourth-order valence-electron chi connectivity index (χ4n) is 2.07. The second-order valence-corrected chi connectivity index (χ2v) is 5.20. The molecule has 1 aromatic heterocycles. The number of rotatable bonds is 3. The second kappa shape index (κ2) is 4.85. The van der Waals surface area contributed by atoms with Gasteiger partial charge >= 0.3 is 0 Å². The molecule has 0 aliphatic heterocycles. The highest BCUT2D eigenvalue weighted by molar-refractivity contribution is 7.14. The largest absolute Gasteiger partial charge is 0.366 e. The van der Waals surface area contributed by atoms with E-state index in [1.54, 1.807) is 11.4 Å². The van der Waals surface area contributed by atoms with Gasteiger partial charge in [0.15, 0.2) is 0 Å². The van der Waals surface area contributed by atoms with Crippen molar-refractivity contribution in [3.05, 3.63) is 17.0 Å². The van der Waals surface area contributed by atoms with Crippen LogP contribution in [0.3, 0.4) is 0 Å². The molecule has 0 aromatic carbocycles. The maximum atomic E-state index is 11.9. The van der Waals surface area contributed by atoms with Gasteiger partial charge in [-0.25, -0.2) is 0 Å². The lowest BCUT2D eigenvalue weighted by Gasteiger charge is -2.10. The fraction of sp³-hybridized carbons (Fsp3) is 0.455. The number of amides is 2. The zero-order chi connectivity index (χ0) is 12.4. The van der Waals surface area contributed by atoms with Crippen molar-refractivity contribution in [2.45, 2.75) is 25.3 Å². The van der Waals surface area contributed by atoms with E-state index in [1.807, 2.05) is 0 Å². The van der Waals surface area contributed by atoms with Crippen LogP contribution in [0, 0.1) is 5.92 Å². The normalized spacial score (nSPS) is 23.6. The van der Waals surface area contributed by atoms with Gasteiger partial charge < -0.3 is 16.8 Å². The second-order valence-electron chi connectivity index (χ2n) is 4.29. The van der Waals surface area contributed by atoms with E-state index in [2.05, 4.69) is 5.32 Å². The minimum Gasteiger partial charge on any atom is -0.366 e. The van der Waals surface area contributed by atoms with Crippen LogP contribution in [0.2, 0.25) is 0 Å². The molecule has 1 aliphatic rings. The maximum absolute atomic E-state index is 11.9. The van der Waals surface area contributed by atoms with E-state index in [0.29, 0.717) is 17.0 Å². The van der Waals surface area contributed by atoms with Gasteiger partial charge in [-0.1, -0.05) is 0 Å². The summed E-state index contributed by atoms with van der Waals surface area (Å²) >= 11 is 1.30. The van der Waals surface area contributed by atoms with Gasteiger partial charge in [0.05, 0.1) is 5.56 Å². The molecule has 0 bridgehead atoms. The lowest BCUT2D eigenvalue weighted by molar-refractivity contribution is -0.119. The number of hydrogen-bond acceptors (Lipinski definition) is 4. The summed E-state index contributed by atoms with van der Waals surface area (Å²) < 4.78 is 0. The summed E-state index contributed by atoms with van der Waals surface area (Å²) in [5.74, 6) is -0.639. The highest BCUT2D eigenvalue weighted by Crippen LogP contribution is 2.28. The molecule has 2 amide bonds. The third-order valence-electron chi connectivity index (χ3n) is 3.01. The van der Waals surface area contributed by atoms with E-state index in [4.69, 9.17) is 11.5 Å².